The van der Waals surface area contributed by atoms with Gasteiger partial charge in [-0.3, -0.25) is 4.79 Å². The van der Waals surface area contributed by atoms with Crippen molar-refractivity contribution in [3.63, 3.8) is 0 Å². The second-order valence-corrected chi connectivity index (χ2v) is 9.83. The molecule has 6 nitrogen and oxygen atoms in total. The molecule has 0 bridgehead atoms. The van der Waals surface area contributed by atoms with E-state index in [-0.39, 0.29) is 27.4 Å². The van der Waals surface area contributed by atoms with Gasteiger partial charge in [-0.25, -0.2) is 18.1 Å². The van der Waals surface area contributed by atoms with Crippen LogP contribution in [0.15, 0.2) is 47.4 Å². The van der Waals surface area contributed by atoms with E-state index in [2.05, 4.69) is 15.0 Å². The fraction of sp³-hybridized carbons (Fsp3) is 0.263. The predicted molar refractivity (Wildman–Crippen MR) is 110 cm³/mol. The fourth-order valence-electron chi connectivity index (χ4n) is 2.75. The van der Waals surface area contributed by atoms with Crippen molar-refractivity contribution < 1.29 is 13.2 Å². The van der Waals surface area contributed by atoms with Crippen LogP contribution in [0.2, 0.25) is 5.02 Å². The number of thiazole rings is 1. The summed E-state index contributed by atoms with van der Waals surface area (Å²) in [5, 5.41) is 3.85. The van der Waals surface area contributed by atoms with Crippen LogP contribution in [0.1, 0.15) is 28.2 Å². The second kappa shape index (κ2) is 7.79. The maximum Gasteiger partial charge on any atom is 0.251 e. The summed E-state index contributed by atoms with van der Waals surface area (Å²) in [6.45, 7) is 0.406. The van der Waals surface area contributed by atoms with Gasteiger partial charge in [0.2, 0.25) is 10.0 Å². The molecular formula is C19H18ClN3O3S2. The Morgan fingerprint density at radius 3 is 2.75 bits per heavy atom. The molecule has 1 aromatic heterocycles. The Morgan fingerprint density at radius 1 is 1.21 bits per heavy atom. The van der Waals surface area contributed by atoms with Gasteiger partial charge in [-0.1, -0.05) is 23.7 Å². The lowest BCUT2D eigenvalue weighted by Gasteiger charge is -2.10. The van der Waals surface area contributed by atoms with Crippen molar-refractivity contribution in [2.45, 2.75) is 30.2 Å². The molecule has 2 aromatic carbocycles. The molecule has 0 saturated heterocycles. The van der Waals surface area contributed by atoms with Crippen LogP contribution >= 0.6 is 22.9 Å². The molecule has 1 amide bonds. The second-order valence-electron chi connectivity index (χ2n) is 6.62. The highest BCUT2D eigenvalue weighted by Gasteiger charge is 2.29. The van der Waals surface area contributed by atoms with Crippen molar-refractivity contribution in [2.24, 2.45) is 0 Å². The molecule has 4 rings (SSSR count). The quantitative estimate of drug-likeness (QED) is 0.595. The number of amides is 1. The van der Waals surface area contributed by atoms with Gasteiger partial charge in [0.1, 0.15) is 4.90 Å². The van der Waals surface area contributed by atoms with Crippen molar-refractivity contribution in [1.82, 2.24) is 15.0 Å². The topological polar surface area (TPSA) is 88.2 Å². The van der Waals surface area contributed by atoms with E-state index in [1.807, 2.05) is 24.3 Å². The number of halogens is 1. The molecule has 1 aliphatic carbocycles. The van der Waals surface area contributed by atoms with Crippen LogP contribution in [0.3, 0.4) is 0 Å². The Kier molecular flexibility index (Phi) is 5.37. The van der Waals surface area contributed by atoms with Crippen molar-refractivity contribution in [3.05, 3.63) is 58.1 Å². The number of rotatable bonds is 7. The average molecular weight is 436 g/mol. The molecule has 1 heterocycles. The zero-order chi connectivity index (χ0) is 19.7. The minimum Gasteiger partial charge on any atom is -0.352 e. The molecule has 0 aliphatic heterocycles. The number of nitrogens with one attached hydrogen (secondary N) is 2. The highest BCUT2D eigenvalue weighted by Crippen LogP contribution is 2.27. The first-order valence-electron chi connectivity index (χ1n) is 8.87. The molecule has 1 saturated carbocycles. The number of benzene rings is 2. The van der Waals surface area contributed by atoms with E-state index in [0.29, 0.717) is 13.0 Å². The van der Waals surface area contributed by atoms with E-state index in [4.69, 9.17) is 11.6 Å². The molecule has 3 aromatic rings. The van der Waals surface area contributed by atoms with E-state index >= 15 is 0 Å². The smallest absolute Gasteiger partial charge is 0.251 e. The summed E-state index contributed by atoms with van der Waals surface area (Å²) in [4.78, 5) is 16.9. The zero-order valence-electron chi connectivity index (χ0n) is 14.8. The molecule has 1 aliphatic rings. The summed E-state index contributed by atoms with van der Waals surface area (Å²) in [5.74, 6) is -0.347. The first-order valence-corrected chi connectivity index (χ1v) is 11.5. The standard InChI is InChI=1S/C19H18ClN3O3S2/c20-14-8-5-12(11-17(14)28(25,26)23-13-6-7-13)19(24)21-10-9-18-22-15-3-1-2-4-16(15)27-18/h1-5,8,11,13,23H,6-7,9-10H2,(H,21,24). The summed E-state index contributed by atoms with van der Waals surface area (Å²) in [7, 11) is -3.73. The fourth-order valence-corrected chi connectivity index (χ4v) is 5.54. The van der Waals surface area contributed by atoms with Gasteiger partial charge in [-0.15, -0.1) is 11.3 Å². The maximum absolute atomic E-state index is 12.4. The third-order valence-corrected chi connectivity index (χ3v) is 7.44. The van der Waals surface area contributed by atoms with Crippen LogP contribution < -0.4 is 10.0 Å². The van der Waals surface area contributed by atoms with Crippen LogP contribution in [-0.4, -0.2) is 31.9 Å². The summed E-state index contributed by atoms with van der Waals surface area (Å²) in [6.07, 6.45) is 2.25. The first-order chi connectivity index (χ1) is 13.4. The Balaban J connectivity index is 1.42. The molecule has 146 valence electrons. The lowest BCUT2D eigenvalue weighted by Crippen LogP contribution is -2.28. The minimum absolute atomic E-state index is 0.0349. The van der Waals surface area contributed by atoms with Gasteiger partial charge in [0.05, 0.1) is 20.2 Å². The average Bonchev–Trinajstić information content (AvgIpc) is 3.36. The summed E-state index contributed by atoms with van der Waals surface area (Å²) in [5.41, 5.74) is 1.20. The zero-order valence-corrected chi connectivity index (χ0v) is 17.2. The Labute approximate surface area is 172 Å². The number of fused-ring (bicyclic) bond motifs is 1. The third-order valence-electron chi connectivity index (χ3n) is 4.34. The molecule has 0 spiro atoms. The number of carbonyl (C=O) groups is 1. The molecule has 28 heavy (non-hydrogen) atoms. The molecule has 0 atom stereocenters. The highest BCUT2D eigenvalue weighted by molar-refractivity contribution is 7.89. The van der Waals surface area contributed by atoms with Gasteiger partial charge in [-0.2, -0.15) is 0 Å². The van der Waals surface area contributed by atoms with Gasteiger partial charge < -0.3 is 5.32 Å². The number of nitrogens with zero attached hydrogens (tertiary/aromatic N) is 1. The maximum atomic E-state index is 12.4. The van der Waals surface area contributed by atoms with Crippen LogP contribution in [0.5, 0.6) is 0 Å². The van der Waals surface area contributed by atoms with Crippen molar-refractivity contribution in [3.8, 4) is 0 Å². The first kappa shape index (κ1) is 19.3. The minimum atomic E-state index is -3.73. The van der Waals surface area contributed by atoms with E-state index in [9.17, 15) is 13.2 Å². The van der Waals surface area contributed by atoms with Crippen LogP contribution in [0.4, 0.5) is 0 Å². The number of aromatic nitrogens is 1. The molecule has 2 N–H and O–H groups in total. The summed E-state index contributed by atoms with van der Waals surface area (Å²) < 4.78 is 28.5. The SMILES string of the molecule is O=C(NCCc1nc2ccccc2s1)c1ccc(Cl)c(S(=O)(=O)NC2CC2)c1. The molecule has 1 fully saturated rings. The molecular weight excluding hydrogens is 418 g/mol. The summed E-state index contributed by atoms with van der Waals surface area (Å²) in [6, 6.07) is 12.1. The predicted octanol–water partition coefficient (Wildman–Crippen LogP) is 3.36. The molecule has 0 unspecified atom stereocenters. The largest absolute Gasteiger partial charge is 0.352 e. The van der Waals surface area contributed by atoms with Crippen molar-refractivity contribution in [2.75, 3.05) is 6.54 Å². The van der Waals surface area contributed by atoms with Crippen LogP contribution in [0, 0.1) is 0 Å². The van der Waals surface area contributed by atoms with E-state index < -0.39 is 10.0 Å². The Bertz CT molecular complexity index is 1110. The Hall–Kier alpha value is -2.00. The normalized spacial score (nSPS) is 14.3. The Morgan fingerprint density at radius 2 is 2.00 bits per heavy atom. The van der Waals surface area contributed by atoms with Gasteiger partial charge in [0.15, 0.2) is 0 Å². The van der Waals surface area contributed by atoms with Gasteiger partial charge in [0.25, 0.3) is 5.91 Å². The third kappa shape index (κ3) is 4.35. The van der Waals surface area contributed by atoms with E-state index in [0.717, 1.165) is 28.1 Å². The van der Waals surface area contributed by atoms with Crippen LogP contribution in [-0.2, 0) is 16.4 Å². The molecule has 9 heteroatoms. The monoisotopic (exact) mass is 435 g/mol. The lowest BCUT2D eigenvalue weighted by molar-refractivity contribution is 0.0954. The van der Waals surface area contributed by atoms with Gasteiger partial charge >= 0.3 is 0 Å². The van der Waals surface area contributed by atoms with Gasteiger partial charge in [0, 0.05) is 24.6 Å². The van der Waals surface area contributed by atoms with E-state index in [1.165, 1.54) is 18.2 Å². The van der Waals surface area contributed by atoms with Crippen molar-refractivity contribution >= 4 is 49.1 Å². The van der Waals surface area contributed by atoms with Gasteiger partial charge in [-0.05, 0) is 43.2 Å². The number of sulfonamides is 1. The molecule has 0 radical (unpaired) electrons. The number of para-hydroxylation sites is 1. The number of carbonyl (C=O) groups excluding carboxylic acids is 1. The number of hydrogen-bond acceptors (Lipinski definition) is 5. The van der Waals surface area contributed by atoms with E-state index in [1.54, 1.807) is 11.3 Å². The highest BCUT2D eigenvalue weighted by atomic mass is 35.5. The summed E-state index contributed by atoms with van der Waals surface area (Å²) >= 11 is 7.65. The number of hydrogen-bond donors (Lipinski definition) is 2. The van der Waals surface area contributed by atoms with Crippen LogP contribution in [0.25, 0.3) is 10.2 Å². The lowest BCUT2D eigenvalue weighted by atomic mass is 10.2. The van der Waals surface area contributed by atoms with Crippen molar-refractivity contribution in [1.29, 1.82) is 0 Å².